The van der Waals surface area contributed by atoms with Gasteiger partial charge in [0.2, 0.25) is 5.91 Å². The van der Waals surface area contributed by atoms with Gasteiger partial charge in [0.1, 0.15) is 11.5 Å². The Hall–Kier alpha value is -3.26. The summed E-state index contributed by atoms with van der Waals surface area (Å²) in [5, 5.41) is 6.20. The van der Waals surface area contributed by atoms with E-state index < -0.39 is 0 Å². The third-order valence-corrected chi connectivity index (χ3v) is 8.89. The maximum Gasteiger partial charge on any atom is 0.322 e. The number of nitrogens with one attached hydrogen (secondary N) is 2. The van der Waals surface area contributed by atoms with E-state index >= 15 is 0 Å². The number of ether oxygens (including phenoxy) is 2. The highest BCUT2D eigenvalue weighted by atomic mass is 16.5. The number of fused-ring (bicyclic) bond motifs is 1. The molecule has 216 valence electrons. The van der Waals surface area contributed by atoms with Crippen LogP contribution in [0.15, 0.2) is 30.3 Å². The molecule has 0 atom stereocenters. The van der Waals surface area contributed by atoms with Gasteiger partial charge in [-0.3, -0.25) is 9.69 Å². The van der Waals surface area contributed by atoms with Gasteiger partial charge in [-0.25, -0.2) is 4.79 Å². The Balaban J connectivity index is 1.17. The van der Waals surface area contributed by atoms with Crippen molar-refractivity contribution in [3.63, 3.8) is 0 Å². The van der Waals surface area contributed by atoms with E-state index in [0.717, 1.165) is 78.3 Å². The van der Waals surface area contributed by atoms with Crippen LogP contribution in [0.25, 0.3) is 0 Å². The van der Waals surface area contributed by atoms with Crippen molar-refractivity contribution in [2.24, 2.45) is 11.8 Å². The van der Waals surface area contributed by atoms with Crippen molar-refractivity contribution in [3.8, 4) is 11.5 Å². The number of urea groups is 1. The maximum absolute atomic E-state index is 13.3. The number of benzene rings is 2. The summed E-state index contributed by atoms with van der Waals surface area (Å²) in [5.41, 5.74) is 5.05. The first kappa shape index (κ1) is 28.3. The van der Waals surface area contributed by atoms with Crippen LogP contribution in [0.3, 0.4) is 0 Å². The Morgan fingerprint density at radius 2 is 1.73 bits per heavy atom. The van der Waals surface area contributed by atoms with Crippen molar-refractivity contribution >= 4 is 23.3 Å². The topological polar surface area (TPSA) is 83.1 Å². The van der Waals surface area contributed by atoms with Crippen molar-refractivity contribution in [3.05, 3.63) is 47.0 Å². The zero-order valence-electron chi connectivity index (χ0n) is 24.8. The smallest absolute Gasteiger partial charge is 0.322 e. The zero-order valence-corrected chi connectivity index (χ0v) is 24.8. The first-order valence-electron chi connectivity index (χ1n) is 14.6. The third kappa shape index (κ3) is 5.92. The normalized spacial score (nSPS) is 21.8. The second kappa shape index (κ2) is 11.3. The van der Waals surface area contributed by atoms with Crippen LogP contribution in [-0.2, 0) is 11.3 Å². The van der Waals surface area contributed by atoms with Crippen LogP contribution >= 0.6 is 0 Å². The molecule has 5 rings (SSSR count). The molecule has 8 heteroatoms. The van der Waals surface area contributed by atoms with Crippen LogP contribution in [0.2, 0.25) is 0 Å². The lowest BCUT2D eigenvalue weighted by Crippen LogP contribution is -2.57. The predicted octanol–water partition coefficient (Wildman–Crippen LogP) is 5.97. The fraction of sp³-hybridized carbons (Fsp3) is 0.562. The van der Waals surface area contributed by atoms with Gasteiger partial charge < -0.3 is 25.0 Å². The lowest BCUT2D eigenvalue weighted by molar-refractivity contribution is -0.121. The van der Waals surface area contributed by atoms with Crippen LogP contribution in [0, 0.1) is 25.7 Å². The molecule has 40 heavy (non-hydrogen) atoms. The van der Waals surface area contributed by atoms with Crippen LogP contribution in [-0.4, -0.2) is 60.1 Å². The Bertz CT molecular complexity index is 1260. The van der Waals surface area contributed by atoms with Gasteiger partial charge in [-0.15, -0.1) is 0 Å². The largest absolute Gasteiger partial charge is 0.496 e. The fourth-order valence-corrected chi connectivity index (χ4v) is 6.13. The lowest BCUT2D eigenvalue weighted by Gasteiger charge is -2.47. The molecule has 3 aliphatic rings. The number of hydrogen-bond acceptors (Lipinski definition) is 5. The Kier molecular flexibility index (Phi) is 8.00. The summed E-state index contributed by atoms with van der Waals surface area (Å²) in [6.07, 6.45) is 3.12. The molecule has 0 radical (unpaired) electrons. The highest BCUT2D eigenvalue weighted by Crippen LogP contribution is 2.39. The van der Waals surface area contributed by atoms with Crippen molar-refractivity contribution in [2.75, 3.05) is 37.4 Å². The second-order valence-corrected chi connectivity index (χ2v) is 12.7. The van der Waals surface area contributed by atoms with Gasteiger partial charge in [0.25, 0.3) is 0 Å². The highest BCUT2D eigenvalue weighted by Gasteiger charge is 2.37. The molecule has 0 bridgehead atoms. The molecule has 2 aromatic carbocycles. The summed E-state index contributed by atoms with van der Waals surface area (Å²) < 4.78 is 11.6. The summed E-state index contributed by atoms with van der Waals surface area (Å²) in [5.74, 6) is 2.00. The fourth-order valence-electron chi connectivity index (χ4n) is 6.13. The van der Waals surface area contributed by atoms with Gasteiger partial charge >= 0.3 is 6.03 Å². The lowest BCUT2D eigenvalue weighted by atomic mass is 9.84. The van der Waals surface area contributed by atoms with E-state index in [-0.39, 0.29) is 29.4 Å². The van der Waals surface area contributed by atoms with E-state index in [9.17, 15) is 9.59 Å². The Morgan fingerprint density at radius 3 is 2.40 bits per heavy atom. The maximum atomic E-state index is 13.3. The predicted molar refractivity (Wildman–Crippen MR) is 158 cm³/mol. The van der Waals surface area contributed by atoms with Gasteiger partial charge in [0, 0.05) is 53.8 Å². The van der Waals surface area contributed by atoms with Crippen molar-refractivity contribution in [1.82, 2.24) is 9.80 Å². The van der Waals surface area contributed by atoms with E-state index in [0.29, 0.717) is 19.1 Å². The second-order valence-electron chi connectivity index (χ2n) is 12.7. The summed E-state index contributed by atoms with van der Waals surface area (Å²) >= 11 is 0. The molecule has 2 aromatic rings. The molecule has 8 nitrogen and oxygen atoms in total. The number of rotatable bonds is 7. The first-order chi connectivity index (χ1) is 19.0. The summed E-state index contributed by atoms with van der Waals surface area (Å²) in [4.78, 5) is 30.7. The average molecular weight is 549 g/mol. The molecule has 0 aromatic heterocycles. The van der Waals surface area contributed by atoms with Crippen molar-refractivity contribution in [2.45, 2.75) is 78.4 Å². The van der Waals surface area contributed by atoms with Gasteiger partial charge in [0.15, 0.2) is 0 Å². The number of carbonyl (C=O) groups excluding carboxylic acids is 2. The first-order valence-corrected chi connectivity index (χ1v) is 14.6. The van der Waals surface area contributed by atoms with E-state index in [1.807, 2.05) is 36.1 Å². The van der Waals surface area contributed by atoms with Crippen molar-refractivity contribution < 1.29 is 19.1 Å². The number of amides is 3. The monoisotopic (exact) mass is 548 g/mol. The SMILES string of the molecule is COc1cc(NC(=O)C2CCC(N3Cc4c(C)ccc(OCC5CN(C(C)(C)C)C5)c4NC3=O)CC2)ccc1C. The summed E-state index contributed by atoms with van der Waals surface area (Å²) in [6, 6.07) is 9.82. The Morgan fingerprint density at radius 1 is 1.02 bits per heavy atom. The van der Waals surface area contributed by atoms with E-state index in [4.69, 9.17) is 9.47 Å². The molecule has 1 aliphatic carbocycles. The number of methoxy groups -OCH3 is 1. The van der Waals surface area contributed by atoms with Crippen molar-refractivity contribution in [1.29, 1.82) is 0 Å². The number of anilines is 2. The molecule has 3 amide bonds. The molecule has 0 unspecified atom stereocenters. The molecular weight excluding hydrogens is 504 g/mol. The third-order valence-electron chi connectivity index (χ3n) is 8.89. The van der Waals surface area contributed by atoms with Gasteiger partial charge in [0.05, 0.1) is 25.9 Å². The van der Waals surface area contributed by atoms with Gasteiger partial charge in [-0.1, -0.05) is 12.1 Å². The number of nitrogens with zero attached hydrogens (tertiary/aromatic N) is 2. The standard InChI is InChI=1S/C32H44N4O4/c1-20-8-14-27(40-19-22-16-35(17-22)32(3,4)5)29-26(20)18-36(31(38)34-29)25-12-9-23(10-13-25)30(37)33-24-11-7-21(2)28(15-24)39-6/h7-8,11,14-15,22-23,25H,9-10,12-13,16-19H2,1-6H3,(H,33,37)(H,34,38). The number of carbonyl (C=O) groups is 2. The number of likely N-dealkylation sites (tertiary alicyclic amines) is 1. The van der Waals surface area contributed by atoms with Crippen LogP contribution in [0.5, 0.6) is 11.5 Å². The number of hydrogen-bond donors (Lipinski definition) is 2. The van der Waals surface area contributed by atoms with Crippen LogP contribution < -0.4 is 20.1 Å². The molecule has 2 heterocycles. The minimum absolute atomic E-state index is 0.0347. The average Bonchev–Trinajstić information content (AvgIpc) is 2.89. The molecule has 1 saturated heterocycles. The summed E-state index contributed by atoms with van der Waals surface area (Å²) in [7, 11) is 1.63. The van der Waals surface area contributed by atoms with Crippen LogP contribution in [0.4, 0.5) is 16.2 Å². The molecule has 2 aliphatic heterocycles. The quantitative estimate of drug-likeness (QED) is 0.446. The van der Waals surface area contributed by atoms with Gasteiger partial charge in [-0.05, 0) is 83.6 Å². The summed E-state index contributed by atoms with van der Waals surface area (Å²) in [6.45, 7) is 14.1. The number of aryl methyl sites for hydroxylation is 2. The Labute approximate surface area is 238 Å². The van der Waals surface area contributed by atoms with E-state index in [2.05, 4.69) is 49.3 Å². The van der Waals surface area contributed by atoms with E-state index in [1.165, 1.54) is 0 Å². The molecule has 2 N–H and O–H groups in total. The zero-order chi connectivity index (χ0) is 28.6. The molecule has 0 spiro atoms. The molecule has 2 fully saturated rings. The highest BCUT2D eigenvalue weighted by molar-refractivity contribution is 5.95. The van der Waals surface area contributed by atoms with Gasteiger partial charge in [-0.2, -0.15) is 0 Å². The van der Waals surface area contributed by atoms with E-state index in [1.54, 1.807) is 7.11 Å². The molecular formula is C32H44N4O4. The minimum atomic E-state index is -0.0786. The molecule has 1 saturated carbocycles. The minimum Gasteiger partial charge on any atom is -0.496 e. The van der Waals surface area contributed by atoms with Crippen LogP contribution in [0.1, 0.15) is 63.1 Å².